The molecule has 1 N–H and O–H groups in total. The van der Waals surface area contributed by atoms with E-state index < -0.39 is 0 Å². The highest BCUT2D eigenvalue weighted by Gasteiger charge is 2.08. The SMILES string of the molecule is CCc1nnc(/N=C/c2cc(-c3ccccc3)sc2O)s1. The predicted molar refractivity (Wildman–Crippen MR) is 88.0 cm³/mol. The van der Waals surface area contributed by atoms with E-state index in [1.54, 1.807) is 6.21 Å². The van der Waals surface area contributed by atoms with Gasteiger partial charge in [-0.1, -0.05) is 59.9 Å². The number of aromatic nitrogens is 2. The van der Waals surface area contributed by atoms with Gasteiger partial charge in [0.05, 0.1) is 0 Å². The Morgan fingerprint density at radius 2 is 2.00 bits per heavy atom. The van der Waals surface area contributed by atoms with Crippen LogP contribution in [0.2, 0.25) is 0 Å². The van der Waals surface area contributed by atoms with Crippen molar-refractivity contribution in [2.24, 2.45) is 4.99 Å². The van der Waals surface area contributed by atoms with Gasteiger partial charge in [0.25, 0.3) is 0 Å². The van der Waals surface area contributed by atoms with Gasteiger partial charge in [0, 0.05) is 16.7 Å². The van der Waals surface area contributed by atoms with Crippen molar-refractivity contribution in [1.29, 1.82) is 0 Å². The number of aryl methyl sites for hydroxylation is 1. The number of hydrogen-bond donors (Lipinski definition) is 1. The van der Waals surface area contributed by atoms with E-state index in [9.17, 15) is 5.11 Å². The van der Waals surface area contributed by atoms with Gasteiger partial charge in [-0.25, -0.2) is 4.99 Å². The Morgan fingerprint density at radius 1 is 1.19 bits per heavy atom. The molecule has 0 saturated carbocycles. The van der Waals surface area contributed by atoms with Crippen LogP contribution < -0.4 is 0 Å². The first-order valence-electron chi connectivity index (χ1n) is 6.51. The van der Waals surface area contributed by atoms with Crippen molar-refractivity contribution in [3.63, 3.8) is 0 Å². The van der Waals surface area contributed by atoms with Gasteiger partial charge in [0.2, 0.25) is 5.13 Å². The second-order valence-corrected chi connectivity index (χ2v) is 6.40. The number of thiophene rings is 1. The molecule has 3 aromatic rings. The molecule has 3 rings (SSSR count). The molecule has 6 heteroatoms. The standard InChI is InChI=1S/C15H13N3OS2/c1-2-13-17-18-15(21-13)16-9-11-8-12(20-14(11)19)10-6-4-3-5-7-10/h3-9,19H,2H2,1H3/b16-9+. The van der Waals surface area contributed by atoms with Crippen LogP contribution in [0.3, 0.4) is 0 Å². The molecule has 0 fully saturated rings. The minimum Gasteiger partial charge on any atom is -0.499 e. The first-order valence-corrected chi connectivity index (χ1v) is 8.14. The van der Waals surface area contributed by atoms with E-state index in [0.717, 1.165) is 21.9 Å². The summed E-state index contributed by atoms with van der Waals surface area (Å²) < 4.78 is 0. The Bertz CT molecular complexity index is 762. The number of aliphatic imine (C=N–C) groups is 1. The molecule has 106 valence electrons. The van der Waals surface area contributed by atoms with Crippen LogP contribution in [0.25, 0.3) is 10.4 Å². The third kappa shape index (κ3) is 3.17. The number of rotatable bonds is 4. The van der Waals surface area contributed by atoms with Gasteiger partial charge in [-0.05, 0) is 18.1 Å². The highest BCUT2D eigenvalue weighted by molar-refractivity contribution is 7.17. The lowest BCUT2D eigenvalue weighted by Crippen LogP contribution is -1.76. The molecule has 4 nitrogen and oxygen atoms in total. The number of benzene rings is 1. The smallest absolute Gasteiger partial charge is 0.231 e. The van der Waals surface area contributed by atoms with Crippen molar-refractivity contribution in [3.05, 3.63) is 47.0 Å². The van der Waals surface area contributed by atoms with Crippen LogP contribution in [0.4, 0.5) is 5.13 Å². The molecule has 0 radical (unpaired) electrons. The summed E-state index contributed by atoms with van der Waals surface area (Å²) in [6.07, 6.45) is 2.49. The normalized spacial score (nSPS) is 11.3. The summed E-state index contributed by atoms with van der Waals surface area (Å²) in [5.41, 5.74) is 1.79. The van der Waals surface area contributed by atoms with Gasteiger partial charge in [0.15, 0.2) is 5.06 Å². The summed E-state index contributed by atoms with van der Waals surface area (Å²) in [4.78, 5) is 5.29. The van der Waals surface area contributed by atoms with E-state index in [0.29, 0.717) is 10.7 Å². The lowest BCUT2D eigenvalue weighted by atomic mass is 10.2. The average molecular weight is 315 g/mol. The Hall–Kier alpha value is -2.05. The second kappa shape index (κ2) is 6.15. The topological polar surface area (TPSA) is 58.4 Å². The molecule has 1 aromatic carbocycles. The molecule has 0 unspecified atom stereocenters. The first-order chi connectivity index (χ1) is 10.3. The molecule has 0 atom stereocenters. The maximum atomic E-state index is 10.0. The number of nitrogens with zero attached hydrogens (tertiary/aromatic N) is 3. The van der Waals surface area contributed by atoms with Crippen LogP contribution in [0.15, 0.2) is 41.4 Å². The molecular weight excluding hydrogens is 302 g/mol. The van der Waals surface area contributed by atoms with Gasteiger partial charge in [-0.15, -0.1) is 10.2 Å². The highest BCUT2D eigenvalue weighted by atomic mass is 32.1. The van der Waals surface area contributed by atoms with Crippen molar-refractivity contribution in [3.8, 4) is 15.5 Å². The molecular formula is C15H13N3OS2. The second-order valence-electron chi connectivity index (χ2n) is 4.33. The van der Waals surface area contributed by atoms with Gasteiger partial charge in [0.1, 0.15) is 5.01 Å². The van der Waals surface area contributed by atoms with Crippen LogP contribution >= 0.6 is 22.7 Å². The van der Waals surface area contributed by atoms with Gasteiger partial charge < -0.3 is 5.11 Å². The maximum absolute atomic E-state index is 10.0. The summed E-state index contributed by atoms with van der Waals surface area (Å²) in [6, 6.07) is 11.9. The highest BCUT2D eigenvalue weighted by Crippen LogP contribution is 2.35. The fourth-order valence-corrected chi connectivity index (χ4v) is 3.30. The fraction of sp³-hybridized carbons (Fsp3) is 0.133. The summed E-state index contributed by atoms with van der Waals surface area (Å²) in [6.45, 7) is 2.03. The molecule has 0 aliphatic rings. The molecule has 0 spiro atoms. The summed E-state index contributed by atoms with van der Waals surface area (Å²) in [7, 11) is 0. The van der Waals surface area contributed by atoms with Crippen molar-refractivity contribution in [2.45, 2.75) is 13.3 Å². The monoisotopic (exact) mass is 315 g/mol. The third-order valence-corrected chi connectivity index (χ3v) is 4.85. The summed E-state index contributed by atoms with van der Waals surface area (Å²) in [5.74, 6) is 0. The van der Waals surface area contributed by atoms with E-state index in [4.69, 9.17) is 0 Å². The van der Waals surface area contributed by atoms with Gasteiger partial charge in [-0.2, -0.15) is 0 Å². The summed E-state index contributed by atoms with van der Waals surface area (Å²) >= 11 is 2.81. The van der Waals surface area contributed by atoms with Gasteiger partial charge in [-0.3, -0.25) is 0 Å². The van der Waals surface area contributed by atoms with E-state index >= 15 is 0 Å². The van der Waals surface area contributed by atoms with E-state index in [-0.39, 0.29) is 5.06 Å². The van der Waals surface area contributed by atoms with E-state index in [1.807, 2.05) is 43.3 Å². The van der Waals surface area contributed by atoms with Crippen molar-refractivity contribution in [1.82, 2.24) is 10.2 Å². The fourth-order valence-electron chi connectivity index (χ4n) is 1.80. The zero-order valence-corrected chi connectivity index (χ0v) is 13.0. The third-order valence-electron chi connectivity index (χ3n) is 2.87. The molecule has 0 aliphatic heterocycles. The largest absolute Gasteiger partial charge is 0.499 e. The van der Waals surface area contributed by atoms with Crippen LogP contribution in [0, 0.1) is 0 Å². The minimum atomic E-state index is 0.262. The van der Waals surface area contributed by atoms with E-state index in [2.05, 4.69) is 15.2 Å². The maximum Gasteiger partial charge on any atom is 0.231 e. The van der Waals surface area contributed by atoms with E-state index in [1.165, 1.54) is 22.7 Å². The molecule has 2 aromatic heterocycles. The number of aromatic hydroxyl groups is 1. The van der Waals surface area contributed by atoms with Gasteiger partial charge >= 0.3 is 0 Å². The molecule has 0 amide bonds. The van der Waals surface area contributed by atoms with Crippen LogP contribution in [-0.2, 0) is 6.42 Å². The Kier molecular flexibility index (Phi) is 4.08. The molecule has 0 saturated heterocycles. The minimum absolute atomic E-state index is 0.262. The molecule has 0 bridgehead atoms. The number of hydrogen-bond acceptors (Lipinski definition) is 6. The molecule has 2 heterocycles. The Balaban J connectivity index is 1.84. The van der Waals surface area contributed by atoms with Crippen LogP contribution in [0.1, 0.15) is 17.5 Å². The lowest BCUT2D eigenvalue weighted by Gasteiger charge is -1.93. The zero-order chi connectivity index (χ0) is 14.7. The molecule has 0 aliphatic carbocycles. The van der Waals surface area contributed by atoms with Crippen molar-refractivity contribution >= 4 is 34.0 Å². The lowest BCUT2D eigenvalue weighted by molar-refractivity contribution is 0.490. The van der Waals surface area contributed by atoms with Crippen molar-refractivity contribution in [2.75, 3.05) is 0 Å². The first kappa shape index (κ1) is 13.9. The van der Waals surface area contributed by atoms with Crippen molar-refractivity contribution < 1.29 is 5.11 Å². The predicted octanol–water partition coefficient (Wildman–Crippen LogP) is 4.29. The molecule has 21 heavy (non-hydrogen) atoms. The zero-order valence-electron chi connectivity index (χ0n) is 11.4. The quantitative estimate of drug-likeness (QED) is 0.731. The Morgan fingerprint density at radius 3 is 2.71 bits per heavy atom. The average Bonchev–Trinajstić information content (AvgIpc) is 3.12. The Labute approximate surface area is 130 Å². The van der Waals surface area contributed by atoms with Crippen LogP contribution in [-0.4, -0.2) is 21.5 Å². The van der Waals surface area contributed by atoms with Crippen LogP contribution in [0.5, 0.6) is 5.06 Å². The summed E-state index contributed by atoms with van der Waals surface area (Å²) in [5, 5.41) is 19.9.